The molecule has 0 radical (unpaired) electrons. The Morgan fingerprint density at radius 3 is 1.70 bits per heavy atom. The Kier molecular flexibility index (Phi) is 11.2. The molecule has 2 rings (SSSR count). The minimum atomic E-state index is -2.29. The van der Waals surface area contributed by atoms with Crippen LogP contribution < -0.4 is 0 Å². The molecule has 2 saturated heterocycles. The van der Waals surface area contributed by atoms with Gasteiger partial charge in [-0.25, -0.2) is 14.5 Å². The molecule has 250 valence electrons. The number of nitrogens with zero attached hydrogens (tertiary/aromatic N) is 2. The Morgan fingerprint density at radius 1 is 0.744 bits per heavy atom. The van der Waals surface area contributed by atoms with Crippen molar-refractivity contribution in [2.24, 2.45) is 0 Å². The van der Waals surface area contributed by atoms with Gasteiger partial charge >= 0.3 is 12.2 Å². The summed E-state index contributed by atoms with van der Waals surface area (Å²) in [6.07, 6.45) is 0.437. The van der Waals surface area contributed by atoms with Gasteiger partial charge in [-0.15, -0.1) is 0 Å². The fourth-order valence-electron chi connectivity index (χ4n) is 5.10. The molecule has 2 heterocycles. The number of imide groups is 1. The molecule has 0 aromatic carbocycles. The standard InChI is InChI=1S/C32H62N2O7Si2/c1-29(2,3)39-27(36)33-22(23-19-20-26(35)34(23)28(37)40-30(4,5)6)17-18-24(33)25(41-43(15,16)32(10,11)12)21-38-42(13,14)31(7,8)9/h22-25H,17-21H2,1-16H3/t22-,23+,24+,25+/m0/s1. The molecule has 2 fully saturated rings. The average molecular weight is 643 g/mol. The lowest BCUT2D eigenvalue weighted by atomic mass is 10.0. The zero-order chi connectivity index (χ0) is 33.6. The molecule has 4 atom stereocenters. The molecule has 3 amide bonds. The summed E-state index contributed by atoms with van der Waals surface area (Å²) in [5.41, 5.74) is -1.48. The third-order valence-corrected chi connectivity index (χ3v) is 18.5. The highest BCUT2D eigenvalue weighted by atomic mass is 28.4. The summed E-state index contributed by atoms with van der Waals surface area (Å²) in [4.78, 5) is 43.4. The van der Waals surface area contributed by atoms with Crippen LogP contribution in [0.2, 0.25) is 36.3 Å². The first-order chi connectivity index (χ1) is 19.1. The number of rotatable bonds is 7. The monoisotopic (exact) mass is 642 g/mol. The van der Waals surface area contributed by atoms with Crippen molar-refractivity contribution in [3.05, 3.63) is 0 Å². The van der Waals surface area contributed by atoms with Crippen molar-refractivity contribution in [3.63, 3.8) is 0 Å². The number of carbonyl (C=O) groups excluding carboxylic acids is 3. The Bertz CT molecular complexity index is 1020. The van der Waals surface area contributed by atoms with E-state index in [2.05, 4.69) is 67.7 Å². The topological polar surface area (TPSA) is 94.6 Å². The Balaban J connectivity index is 2.58. The highest BCUT2D eigenvalue weighted by Crippen LogP contribution is 2.43. The predicted molar refractivity (Wildman–Crippen MR) is 176 cm³/mol. The number of hydrogen-bond donors (Lipinski definition) is 0. The zero-order valence-corrected chi connectivity index (χ0v) is 32.1. The minimum Gasteiger partial charge on any atom is -0.444 e. The summed E-state index contributed by atoms with van der Waals surface area (Å²) < 4.78 is 25.5. The van der Waals surface area contributed by atoms with Gasteiger partial charge in [0.05, 0.1) is 30.8 Å². The van der Waals surface area contributed by atoms with Gasteiger partial charge in [-0.3, -0.25) is 9.69 Å². The second-order valence-electron chi connectivity index (χ2n) is 17.4. The molecular weight excluding hydrogens is 581 g/mol. The summed E-state index contributed by atoms with van der Waals surface area (Å²) in [5, 5.41) is -0.0436. The molecule has 0 bridgehead atoms. The van der Waals surface area contributed by atoms with Crippen LogP contribution in [0.4, 0.5) is 9.59 Å². The third kappa shape index (κ3) is 9.53. The van der Waals surface area contributed by atoms with Gasteiger partial charge in [0.1, 0.15) is 11.2 Å². The first kappa shape index (κ1) is 37.7. The van der Waals surface area contributed by atoms with Gasteiger partial charge in [-0.2, -0.15) is 0 Å². The SMILES string of the molecule is CC(C)(C)OC(=O)N1C(=O)CC[C@@H]1[C@@H]1CC[C@H]([C@@H](CO[Si](C)(C)C(C)(C)C)O[Si](C)(C)C(C)(C)C)N1C(=O)OC(C)(C)C. The van der Waals surface area contributed by atoms with Crippen molar-refractivity contribution in [1.29, 1.82) is 0 Å². The smallest absolute Gasteiger partial charge is 0.417 e. The highest BCUT2D eigenvalue weighted by Gasteiger charge is 2.53. The maximum absolute atomic E-state index is 14.1. The molecule has 0 aromatic heterocycles. The third-order valence-electron chi connectivity index (χ3n) is 9.46. The summed E-state index contributed by atoms with van der Waals surface area (Å²) >= 11 is 0. The molecule has 9 nitrogen and oxygen atoms in total. The lowest BCUT2D eigenvalue weighted by Crippen LogP contribution is -2.59. The molecule has 0 N–H and O–H groups in total. The molecular formula is C32H62N2O7Si2. The number of amides is 3. The highest BCUT2D eigenvalue weighted by molar-refractivity contribution is 6.74. The van der Waals surface area contributed by atoms with Crippen LogP contribution in [0, 0.1) is 0 Å². The van der Waals surface area contributed by atoms with Crippen LogP contribution in [0.25, 0.3) is 0 Å². The maximum Gasteiger partial charge on any atom is 0.417 e. The number of ether oxygens (including phenoxy) is 2. The van der Waals surface area contributed by atoms with E-state index >= 15 is 0 Å². The van der Waals surface area contributed by atoms with Crippen molar-refractivity contribution in [2.75, 3.05) is 6.61 Å². The quantitative estimate of drug-likeness (QED) is 0.259. The van der Waals surface area contributed by atoms with Crippen molar-refractivity contribution >= 4 is 34.7 Å². The predicted octanol–water partition coefficient (Wildman–Crippen LogP) is 8.09. The van der Waals surface area contributed by atoms with E-state index in [4.69, 9.17) is 18.3 Å². The maximum atomic E-state index is 14.1. The summed E-state index contributed by atoms with van der Waals surface area (Å²) in [6.45, 7) is 33.4. The van der Waals surface area contributed by atoms with Gasteiger partial charge < -0.3 is 18.3 Å². The second-order valence-corrected chi connectivity index (χ2v) is 27.0. The summed E-state index contributed by atoms with van der Waals surface area (Å²) in [6, 6.07) is -1.26. The van der Waals surface area contributed by atoms with E-state index in [1.807, 2.05) is 20.8 Å². The minimum absolute atomic E-state index is 0.00964. The van der Waals surface area contributed by atoms with Gasteiger partial charge in [0.15, 0.2) is 16.6 Å². The van der Waals surface area contributed by atoms with Crippen molar-refractivity contribution < 1.29 is 32.7 Å². The Hall–Kier alpha value is -1.44. The largest absolute Gasteiger partial charge is 0.444 e. The van der Waals surface area contributed by atoms with Crippen molar-refractivity contribution in [1.82, 2.24) is 9.80 Å². The zero-order valence-electron chi connectivity index (χ0n) is 30.1. The Labute approximate surface area is 264 Å². The van der Waals surface area contributed by atoms with E-state index in [0.717, 1.165) is 0 Å². The molecule has 0 saturated carbocycles. The van der Waals surface area contributed by atoms with E-state index in [1.165, 1.54) is 4.90 Å². The van der Waals surface area contributed by atoms with Crippen LogP contribution in [-0.2, 0) is 23.1 Å². The van der Waals surface area contributed by atoms with Gasteiger partial charge in [-0.05, 0) is 97.1 Å². The average Bonchev–Trinajstić information content (AvgIpc) is 3.36. The molecule has 11 heteroatoms. The first-order valence-electron chi connectivity index (χ1n) is 16.0. The van der Waals surface area contributed by atoms with Crippen LogP contribution in [0.5, 0.6) is 0 Å². The molecule has 0 aromatic rings. The van der Waals surface area contributed by atoms with Gasteiger partial charge in [0.2, 0.25) is 5.91 Å². The molecule has 2 aliphatic rings. The fraction of sp³-hybridized carbons (Fsp3) is 0.906. The van der Waals surface area contributed by atoms with Crippen LogP contribution in [0.1, 0.15) is 109 Å². The van der Waals surface area contributed by atoms with Crippen molar-refractivity contribution in [2.45, 2.75) is 180 Å². The molecule has 0 spiro atoms. The summed E-state index contributed by atoms with van der Waals surface area (Å²) in [7, 11) is -4.43. The number of hydrogen-bond acceptors (Lipinski definition) is 7. The van der Waals surface area contributed by atoms with Gasteiger partial charge in [-0.1, -0.05) is 41.5 Å². The number of likely N-dealkylation sites (tertiary alicyclic amines) is 2. The van der Waals surface area contributed by atoms with E-state index in [9.17, 15) is 14.4 Å². The van der Waals surface area contributed by atoms with Crippen molar-refractivity contribution in [3.8, 4) is 0 Å². The first-order valence-corrected chi connectivity index (χ1v) is 21.8. The fourth-order valence-corrected chi connectivity index (χ4v) is 7.45. The van der Waals surface area contributed by atoms with Crippen LogP contribution in [-0.4, -0.2) is 86.6 Å². The van der Waals surface area contributed by atoms with Crippen LogP contribution >= 0.6 is 0 Å². The molecule has 43 heavy (non-hydrogen) atoms. The van der Waals surface area contributed by atoms with Crippen LogP contribution in [0.15, 0.2) is 0 Å². The van der Waals surface area contributed by atoms with E-state index in [-0.39, 0.29) is 34.6 Å². The second kappa shape index (κ2) is 12.8. The normalized spacial score (nSPS) is 23.5. The summed E-state index contributed by atoms with van der Waals surface area (Å²) in [5.74, 6) is -0.276. The van der Waals surface area contributed by atoms with Gasteiger partial charge in [0.25, 0.3) is 0 Å². The van der Waals surface area contributed by atoms with Gasteiger partial charge in [0, 0.05) is 6.42 Å². The number of carbonyl (C=O) groups is 3. The lowest BCUT2D eigenvalue weighted by Gasteiger charge is -2.45. The van der Waals surface area contributed by atoms with E-state index in [1.54, 1.807) is 25.7 Å². The Morgan fingerprint density at radius 2 is 1.23 bits per heavy atom. The molecule has 2 aliphatic heterocycles. The van der Waals surface area contributed by atoms with E-state index < -0.39 is 52.1 Å². The van der Waals surface area contributed by atoms with E-state index in [0.29, 0.717) is 25.9 Å². The van der Waals surface area contributed by atoms with Crippen LogP contribution in [0.3, 0.4) is 0 Å². The molecule has 0 unspecified atom stereocenters. The molecule has 0 aliphatic carbocycles. The lowest BCUT2D eigenvalue weighted by molar-refractivity contribution is -0.129.